The molecule has 1 fully saturated rings. The third-order valence-electron chi connectivity index (χ3n) is 5.62. The second kappa shape index (κ2) is 8.67. The summed E-state index contributed by atoms with van der Waals surface area (Å²) in [6.07, 6.45) is 4.02. The van der Waals surface area contributed by atoms with E-state index in [4.69, 9.17) is 0 Å². The summed E-state index contributed by atoms with van der Waals surface area (Å²) in [5.41, 5.74) is 4.58. The van der Waals surface area contributed by atoms with E-state index in [1.54, 1.807) is 4.90 Å². The van der Waals surface area contributed by atoms with Gasteiger partial charge in [-0.25, -0.2) is 0 Å². The van der Waals surface area contributed by atoms with E-state index in [0.717, 1.165) is 40.1 Å². The van der Waals surface area contributed by atoms with Crippen LogP contribution >= 0.6 is 11.8 Å². The molecule has 1 heterocycles. The standard InChI is InChI=1S/C27H24N2O2S/c1-18-6-5-9-20(14-18)17-29-23-16-21(26(30)28-22-11-12-22)10-13-24(23)32-25(27(29)31)15-19-7-3-2-4-8-19/h2-10,13-16,22H,11-12,17H2,1H3,(H,28,30)/b25-15-. The van der Waals surface area contributed by atoms with Gasteiger partial charge in [0, 0.05) is 16.5 Å². The van der Waals surface area contributed by atoms with Crippen molar-refractivity contribution in [3.8, 4) is 0 Å². The average molecular weight is 441 g/mol. The number of amides is 2. The van der Waals surface area contributed by atoms with Gasteiger partial charge in [0.1, 0.15) is 0 Å². The minimum atomic E-state index is -0.0751. The molecule has 160 valence electrons. The molecule has 0 aromatic heterocycles. The van der Waals surface area contributed by atoms with Crippen LogP contribution in [0, 0.1) is 6.92 Å². The van der Waals surface area contributed by atoms with E-state index in [1.165, 1.54) is 11.8 Å². The summed E-state index contributed by atoms with van der Waals surface area (Å²) in [5, 5.41) is 3.04. The van der Waals surface area contributed by atoms with Crippen molar-refractivity contribution in [1.29, 1.82) is 0 Å². The zero-order chi connectivity index (χ0) is 22.1. The topological polar surface area (TPSA) is 49.4 Å². The lowest BCUT2D eigenvalue weighted by atomic mass is 10.1. The van der Waals surface area contributed by atoms with Crippen molar-refractivity contribution in [2.45, 2.75) is 37.2 Å². The normalized spacial score (nSPS) is 16.7. The van der Waals surface area contributed by atoms with E-state index >= 15 is 0 Å². The van der Waals surface area contributed by atoms with Crippen LogP contribution in [0.4, 0.5) is 5.69 Å². The Morgan fingerprint density at radius 1 is 1.06 bits per heavy atom. The molecule has 0 spiro atoms. The Morgan fingerprint density at radius 3 is 2.62 bits per heavy atom. The van der Waals surface area contributed by atoms with Crippen LogP contribution in [0.15, 0.2) is 82.6 Å². The third kappa shape index (κ3) is 4.48. The molecule has 0 saturated heterocycles. The largest absolute Gasteiger partial charge is 0.349 e. The van der Waals surface area contributed by atoms with Crippen LogP contribution in [0.2, 0.25) is 0 Å². The lowest BCUT2D eigenvalue weighted by Gasteiger charge is -2.31. The van der Waals surface area contributed by atoms with Gasteiger partial charge in [0.15, 0.2) is 0 Å². The van der Waals surface area contributed by atoms with Crippen LogP contribution in [-0.4, -0.2) is 17.9 Å². The maximum absolute atomic E-state index is 13.6. The van der Waals surface area contributed by atoms with Crippen molar-refractivity contribution < 1.29 is 9.59 Å². The van der Waals surface area contributed by atoms with Gasteiger partial charge in [-0.3, -0.25) is 9.59 Å². The quantitative estimate of drug-likeness (QED) is 0.528. The number of fused-ring (bicyclic) bond motifs is 1. The summed E-state index contributed by atoms with van der Waals surface area (Å²) in [6, 6.07) is 24.0. The Bertz CT molecular complexity index is 1220. The number of thioether (sulfide) groups is 1. The van der Waals surface area contributed by atoms with E-state index in [1.807, 2.05) is 79.7 Å². The number of hydrogen-bond donors (Lipinski definition) is 1. The summed E-state index contributed by atoms with van der Waals surface area (Å²) in [6.45, 7) is 2.50. The maximum atomic E-state index is 13.6. The van der Waals surface area contributed by atoms with Crippen LogP contribution in [0.3, 0.4) is 0 Å². The fourth-order valence-corrected chi connectivity index (χ4v) is 4.84. The Kier molecular flexibility index (Phi) is 5.58. The fraction of sp³-hybridized carbons (Fsp3) is 0.185. The van der Waals surface area contributed by atoms with E-state index in [0.29, 0.717) is 23.1 Å². The molecule has 32 heavy (non-hydrogen) atoms. The number of rotatable bonds is 5. The molecule has 3 aromatic carbocycles. The molecule has 4 nitrogen and oxygen atoms in total. The van der Waals surface area contributed by atoms with Gasteiger partial charge in [-0.2, -0.15) is 0 Å². The molecule has 5 rings (SSSR count). The summed E-state index contributed by atoms with van der Waals surface area (Å²) in [4.78, 5) is 29.7. The van der Waals surface area contributed by atoms with Crippen molar-refractivity contribution in [2.24, 2.45) is 0 Å². The first-order valence-corrected chi connectivity index (χ1v) is 11.7. The first-order chi connectivity index (χ1) is 15.6. The van der Waals surface area contributed by atoms with Gasteiger partial charge in [-0.05, 0) is 55.2 Å². The van der Waals surface area contributed by atoms with E-state index in [-0.39, 0.29) is 11.8 Å². The first-order valence-electron chi connectivity index (χ1n) is 10.8. The van der Waals surface area contributed by atoms with Gasteiger partial charge in [0.25, 0.3) is 11.8 Å². The molecule has 1 aliphatic heterocycles. The van der Waals surface area contributed by atoms with E-state index in [2.05, 4.69) is 11.4 Å². The minimum Gasteiger partial charge on any atom is -0.349 e. The fourth-order valence-electron chi connectivity index (χ4n) is 3.80. The van der Waals surface area contributed by atoms with E-state index < -0.39 is 0 Å². The molecule has 0 atom stereocenters. The molecule has 2 amide bonds. The average Bonchev–Trinajstić information content (AvgIpc) is 3.61. The highest BCUT2D eigenvalue weighted by molar-refractivity contribution is 8.04. The zero-order valence-corrected chi connectivity index (χ0v) is 18.7. The van der Waals surface area contributed by atoms with E-state index in [9.17, 15) is 9.59 Å². The molecular weight excluding hydrogens is 416 g/mol. The summed E-state index contributed by atoms with van der Waals surface area (Å²) in [5.74, 6) is -0.124. The number of nitrogens with zero attached hydrogens (tertiary/aromatic N) is 1. The highest BCUT2D eigenvalue weighted by Crippen LogP contribution is 2.43. The molecule has 1 N–H and O–H groups in total. The lowest BCUT2D eigenvalue weighted by molar-refractivity contribution is -0.114. The van der Waals surface area contributed by atoms with Gasteiger partial charge in [0.2, 0.25) is 0 Å². The summed E-state index contributed by atoms with van der Waals surface area (Å²) in [7, 11) is 0. The predicted molar refractivity (Wildman–Crippen MR) is 130 cm³/mol. The molecule has 0 radical (unpaired) electrons. The maximum Gasteiger partial charge on any atom is 0.265 e. The highest BCUT2D eigenvalue weighted by Gasteiger charge is 2.31. The number of anilines is 1. The smallest absolute Gasteiger partial charge is 0.265 e. The Morgan fingerprint density at radius 2 is 1.88 bits per heavy atom. The van der Waals surface area contributed by atoms with Crippen LogP contribution in [-0.2, 0) is 11.3 Å². The second-order valence-corrected chi connectivity index (χ2v) is 9.42. The van der Waals surface area contributed by atoms with Crippen molar-refractivity contribution in [3.63, 3.8) is 0 Å². The van der Waals surface area contributed by atoms with Crippen molar-refractivity contribution >= 4 is 35.3 Å². The van der Waals surface area contributed by atoms with Gasteiger partial charge < -0.3 is 10.2 Å². The molecule has 0 unspecified atom stereocenters. The summed E-state index contributed by atoms with van der Waals surface area (Å²) >= 11 is 1.46. The van der Waals surface area contributed by atoms with Crippen molar-refractivity contribution in [1.82, 2.24) is 5.32 Å². The van der Waals surface area contributed by atoms with Crippen molar-refractivity contribution in [2.75, 3.05) is 4.90 Å². The number of hydrogen-bond acceptors (Lipinski definition) is 3. The number of benzene rings is 3. The van der Waals surface area contributed by atoms with Gasteiger partial charge in [-0.15, -0.1) is 0 Å². The number of aryl methyl sites for hydroxylation is 1. The highest BCUT2D eigenvalue weighted by atomic mass is 32.2. The van der Waals surface area contributed by atoms with Gasteiger partial charge in [0.05, 0.1) is 17.1 Å². The first kappa shape index (κ1) is 20.6. The molecule has 1 aliphatic carbocycles. The van der Waals surface area contributed by atoms with Gasteiger partial charge in [-0.1, -0.05) is 71.9 Å². The van der Waals surface area contributed by atoms with Crippen LogP contribution in [0.1, 0.15) is 39.9 Å². The summed E-state index contributed by atoms with van der Waals surface area (Å²) < 4.78 is 0. The van der Waals surface area contributed by atoms with Gasteiger partial charge >= 0.3 is 0 Å². The third-order valence-corrected chi connectivity index (χ3v) is 6.70. The lowest BCUT2D eigenvalue weighted by Crippen LogP contribution is -2.34. The monoisotopic (exact) mass is 440 g/mol. The Hall–Kier alpha value is -3.31. The Balaban J connectivity index is 1.54. The molecule has 0 bridgehead atoms. The second-order valence-electron chi connectivity index (χ2n) is 8.33. The number of nitrogens with one attached hydrogen (secondary N) is 1. The van der Waals surface area contributed by atoms with Crippen LogP contribution in [0.5, 0.6) is 0 Å². The SMILES string of the molecule is Cc1cccc(CN2C(=O)/C(=C/c3ccccc3)Sc3ccc(C(=O)NC4CC4)cc32)c1. The molecule has 2 aliphatic rings. The molecule has 1 saturated carbocycles. The van der Waals surface area contributed by atoms with Crippen LogP contribution < -0.4 is 10.2 Å². The van der Waals surface area contributed by atoms with Crippen LogP contribution in [0.25, 0.3) is 6.08 Å². The Labute approximate surface area is 192 Å². The molecule has 3 aromatic rings. The zero-order valence-electron chi connectivity index (χ0n) is 17.9. The minimum absolute atomic E-state index is 0.0485. The number of carbonyl (C=O) groups is 2. The predicted octanol–water partition coefficient (Wildman–Crippen LogP) is 5.57. The molecule has 5 heteroatoms. The van der Waals surface area contributed by atoms with Crippen molar-refractivity contribution in [3.05, 3.63) is 100.0 Å². The number of carbonyl (C=O) groups excluding carboxylic acids is 2. The molecular formula is C27H24N2O2S.